The van der Waals surface area contributed by atoms with Crippen LogP contribution in [0.15, 0.2) is 4.99 Å². The molecule has 1 heterocycles. The SMILES string of the molecule is CCC(C)NC(N)=NCC1(N2CCSCC2)CCCCC1.I. The van der Waals surface area contributed by atoms with E-state index >= 15 is 0 Å². The molecule has 1 aliphatic carbocycles. The van der Waals surface area contributed by atoms with Crippen LogP contribution in [0.25, 0.3) is 0 Å². The Bertz CT molecular complexity index is 339. The number of hydrogen-bond donors (Lipinski definition) is 2. The number of nitrogens with zero attached hydrogens (tertiary/aromatic N) is 2. The molecule has 2 fully saturated rings. The Morgan fingerprint density at radius 2 is 1.91 bits per heavy atom. The van der Waals surface area contributed by atoms with Crippen molar-refractivity contribution in [2.75, 3.05) is 31.1 Å². The van der Waals surface area contributed by atoms with Gasteiger partial charge in [0.25, 0.3) is 0 Å². The summed E-state index contributed by atoms with van der Waals surface area (Å²) in [6.07, 6.45) is 7.73. The van der Waals surface area contributed by atoms with Gasteiger partial charge in [0.2, 0.25) is 0 Å². The van der Waals surface area contributed by atoms with Crippen LogP contribution in [0.4, 0.5) is 0 Å². The molecule has 2 aliphatic rings. The van der Waals surface area contributed by atoms with Gasteiger partial charge in [-0.05, 0) is 26.2 Å². The lowest BCUT2D eigenvalue weighted by Crippen LogP contribution is -2.55. The number of aliphatic imine (C=N–C) groups is 1. The predicted molar refractivity (Wildman–Crippen MR) is 110 cm³/mol. The summed E-state index contributed by atoms with van der Waals surface area (Å²) in [5.74, 6) is 3.17. The smallest absolute Gasteiger partial charge is 0.188 e. The van der Waals surface area contributed by atoms with E-state index < -0.39 is 0 Å². The minimum absolute atomic E-state index is 0. The fraction of sp³-hybridized carbons (Fsp3) is 0.938. The topological polar surface area (TPSA) is 53.6 Å². The highest BCUT2D eigenvalue weighted by atomic mass is 127. The van der Waals surface area contributed by atoms with Crippen LogP contribution in [0.2, 0.25) is 0 Å². The van der Waals surface area contributed by atoms with Crippen molar-refractivity contribution in [1.29, 1.82) is 0 Å². The predicted octanol–water partition coefficient (Wildman–Crippen LogP) is 3.06. The lowest BCUT2D eigenvalue weighted by Gasteiger charge is -2.47. The number of guanidine groups is 1. The van der Waals surface area contributed by atoms with Crippen LogP contribution in [-0.4, -0.2) is 53.6 Å². The van der Waals surface area contributed by atoms with Crippen LogP contribution < -0.4 is 11.1 Å². The number of hydrogen-bond acceptors (Lipinski definition) is 3. The standard InChI is InChI=1S/C16H32N4S.HI/c1-3-14(2)19-15(17)18-13-16(7-5-4-6-8-16)20-9-11-21-12-10-20;/h14H,3-13H2,1-2H3,(H3,17,18,19);1H. The van der Waals surface area contributed by atoms with E-state index in [2.05, 4.69) is 35.8 Å². The summed E-state index contributed by atoms with van der Waals surface area (Å²) >= 11 is 2.08. The number of nitrogens with two attached hydrogens (primary N) is 1. The molecule has 1 unspecified atom stereocenters. The van der Waals surface area contributed by atoms with Crippen molar-refractivity contribution in [3.63, 3.8) is 0 Å². The Labute approximate surface area is 157 Å². The highest BCUT2D eigenvalue weighted by molar-refractivity contribution is 14.0. The van der Waals surface area contributed by atoms with Gasteiger partial charge in [-0.15, -0.1) is 24.0 Å². The van der Waals surface area contributed by atoms with E-state index in [0.717, 1.165) is 13.0 Å². The molecule has 1 atom stereocenters. The Morgan fingerprint density at radius 1 is 1.27 bits per heavy atom. The molecule has 1 aliphatic heterocycles. The molecular formula is C16H33IN4S. The molecule has 6 heteroatoms. The molecule has 3 N–H and O–H groups in total. The molecule has 0 radical (unpaired) electrons. The first kappa shape index (κ1) is 20.4. The summed E-state index contributed by atoms with van der Waals surface area (Å²) in [5, 5.41) is 3.29. The van der Waals surface area contributed by atoms with Gasteiger partial charge in [-0.3, -0.25) is 9.89 Å². The molecule has 2 rings (SSSR count). The molecule has 0 bridgehead atoms. The summed E-state index contributed by atoms with van der Waals surface area (Å²) in [6, 6.07) is 0.405. The number of nitrogens with one attached hydrogen (secondary N) is 1. The van der Waals surface area contributed by atoms with Gasteiger partial charge in [0.05, 0.1) is 6.54 Å². The molecule has 0 aromatic carbocycles. The van der Waals surface area contributed by atoms with Gasteiger partial charge < -0.3 is 11.1 Å². The largest absolute Gasteiger partial charge is 0.370 e. The van der Waals surface area contributed by atoms with Gasteiger partial charge in [0.1, 0.15) is 0 Å². The Morgan fingerprint density at radius 3 is 2.50 bits per heavy atom. The minimum atomic E-state index is 0. The highest BCUT2D eigenvalue weighted by Crippen LogP contribution is 2.35. The first-order valence-corrected chi connectivity index (χ1v) is 9.71. The quantitative estimate of drug-likeness (QED) is 0.392. The molecular weight excluding hydrogens is 407 g/mol. The van der Waals surface area contributed by atoms with Crippen molar-refractivity contribution in [1.82, 2.24) is 10.2 Å². The van der Waals surface area contributed by atoms with Crippen molar-refractivity contribution in [3.8, 4) is 0 Å². The third kappa shape index (κ3) is 5.74. The second-order valence-corrected chi connectivity index (χ2v) is 7.76. The van der Waals surface area contributed by atoms with Crippen LogP contribution in [0, 0.1) is 0 Å². The van der Waals surface area contributed by atoms with Gasteiger partial charge >= 0.3 is 0 Å². The first-order chi connectivity index (χ1) is 10.2. The van der Waals surface area contributed by atoms with E-state index in [9.17, 15) is 0 Å². The molecule has 4 nitrogen and oxygen atoms in total. The molecule has 1 saturated carbocycles. The van der Waals surface area contributed by atoms with Gasteiger partial charge in [0.15, 0.2) is 5.96 Å². The summed E-state index contributed by atoms with van der Waals surface area (Å²) < 4.78 is 0. The molecule has 0 spiro atoms. The number of thioether (sulfide) groups is 1. The monoisotopic (exact) mass is 440 g/mol. The fourth-order valence-corrected chi connectivity index (χ4v) is 4.36. The maximum absolute atomic E-state index is 6.07. The second kappa shape index (κ2) is 10.2. The number of rotatable bonds is 5. The number of halogens is 1. The maximum atomic E-state index is 6.07. The molecule has 0 amide bonds. The third-order valence-corrected chi connectivity index (χ3v) is 5.96. The maximum Gasteiger partial charge on any atom is 0.188 e. The van der Waals surface area contributed by atoms with Crippen LogP contribution in [0.1, 0.15) is 52.4 Å². The van der Waals surface area contributed by atoms with Gasteiger partial charge in [0, 0.05) is 36.2 Å². The van der Waals surface area contributed by atoms with Crippen molar-refractivity contribution in [3.05, 3.63) is 0 Å². The summed E-state index contributed by atoms with van der Waals surface area (Å²) in [7, 11) is 0. The Kier molecular flexibility index (Phi) is 9.47. The van der Waals surface area contributed by atoms with E-state index in [4.69, 9.17) is 10.7 Å². The average molecular weight is 440 g/mol. The molecule has 0 aromatic rings. The average Bonchev–Trinajstić information content (AvgIpc) is 2.54. The van der Waals surface area contributed by atoms with Crippen LogP contribution in [0.5, 0.6) is 0 Å². The van der Waals surface area contributed by atoms with Crippen LogP contribution in [-0.2, 0) is 0 Å². The highest BCUT2D eigenvalue weighted by Gasteiger charge is 2.38. The van der Waals surface area contributed by atoms with Crippen LogP contribution in [0.3, 0.4) is 0 Å². The van der Waals surface area contributed by atoms with Gasteiger partial charge in [-0.2, -0.15) is 11.8 Å². The van der Waals surface area contributed by atoms with E-state index in [1.54, 1.807) is 0 Å². The summed E-state index contributed by atoms with van der Waals surface area (Å²) in [4.78, 5) is 7.43. The van der Waals surface area contributed by atoms with E-state index in [1.807, 2.05) is 0 Å². The third-order valence-electron chi connectivity index (χ3n) is 5.02. The van der Waals surface area contributed by atoms with Gasteiger partial charge in [-0.25, -0.2) is 0 Å². The lowest BCUT2D eigenvalue weighted by atomic mass is 9.80. The Balaban J connectivity index is 0.00000242. The first-order valence-electron chi connectivity index (χ1n) is 8.55. The zero-order valence-electron chi connectivity index (χ0n) is 14.1. The fourth-order valence-electron chi connectivity index (χ4n) is 3.45. The second-order valence-electron chi connectivity index (χ2n) is 6.54. The molecule has 130 valence electrons. The van der Waals surface area contributed by atoms with Crippen molar-refractivity contribution >= 4 is 41.7 Å². The van der Waals surface area contributed by atoms with Crippen molar-refractivity contribution in [2.45, 2.75) is 64.0 Å². The minimum Gasteiger partial charge on any atom is -0.370 e. The van der Waals surface area contributed by atoms with Crippen LogP contribution >= 0.6 is 35.7 Å². The van der Waals surface area contributed by atoms with Crippen molar-refractivity contribution < 1.29 is 0 Å². The normalized spacial score (nSPS) is 24.4. The van der Waals surface area contributed by atoms with Crippen molar-refractivity contribution in [2.24, 2.45) is 10.7 Å². The van der Waals surface area contributed by atoms with Gasteiger partial charge in [-0.1, -0.05) is 26.2 Å². The summed E-state index contributed by atoms with van der Waals surface area (Å²) in [5.41, 5.74) is 6.35. The van der Waals surface area contributed by atoms with E-state index in [-0.39, 0.29) is 29.5 Å². The zero-order chi connectivity index (χ0) is 15.1. The molecule has 1 saturated heterocycles. The molecule has 22 heavy (non-hydrogen) atoms. The zero-order valence-corrected chi connectivity index (χ0v) is 17.3. The lowest BCUT2D eigenvalue weighted by molar-refractivity contribution is 0.0672. The van der Waals surface area contributed by atoms with E-state index in [0.29, 0.717) is 12.0 Å². The van der Waals surface area contributed by atoms with E-state index in [1.165, 1.54) is 56.7 Å². The summed E-state index contributed by atoms with van der Waals surface area (Å²) in [6.45, 7) is 7.63. The molecule has 0 aromatic heterocycles. The Hall–Kier alpha value is 0.310.